The van der Waals surface area contributed by atoms with Crippen LogP contribution in [0.3, 0.4) is 0 Å². The van der Waals surface area contributed by atoms with Crippen LogP contribution < -0.4 is 10.3 Å². The molecule has 1 aromatic carbocycles. The zero-order chi connectivity index (χ0) is 26.4. The van der Waals surface area contributed by atoms with Crippen molar-refractivity contribution in [3.63, 3.8) is 0 Å². The van der Waals surface area contributed by atoms with E-state index in [4.69, 9.17) is 4.74 Å². The second-order valence-corrected chi connectivity index (χ2v) is 11.5. The Morgan fingerprint density at radius 2 is 2.00 bits per heavy atom. The Balaban J connectivity index is 1.41. The summed E-state index contributed by atoms with van der Waals surface area (Å²) in [6, 6.07) is 10.3. The molecule has 0 radical (unpaired) electrons. The molecule has 1 saturated carbocycles. The summed E-state index contributed by atoms with van der Waals surface area (Å²) in [6.07, 6.45) is 9.89. The standard InChI is InChI=1S/C30H36N6O2/c1-20-7-6-10-35(16-20)17-22-11-26(38-4)27-31-15-25(28(37)36(27)18-22)23-8-5-9-24(12-23)30(13-21(2)14-30)29-33-32-19-34(29)3/h5,8-9,11-12,15,18-21H,6-7,10,13-14,16-17H2,1-4H3/t20-,21?,30?/m0/s1. The van der Waals surface area contributed by atoms with Gasteiger partial charge in [-0.3, -0.25) is 14.1 Å². The van der Waals surface area contributed by atoms with Gasteiger partial charge in [0.25, 0.3) is 5.56 Å². The highest BCUT2D eigenvalue weighted by Gasteiger charge is 2.48. The first-order valence-electron chi connectivity index (χ1n) is 13.6. The van der Waals surface area contributed by atoms with Crippen LogP contribution >= 0.6 is 0 Å². The molecule has 0 spiro atoms. The fourth-order valence-corrected chi connectivity index (χ4v) is 6.71. The van der Waals surface area contributed by atoms with E-state index in [0.717, 1.165) is 49.4 Å². The van der Waals surface area contributed by atoms with E-state index in [2.05, 4.69) is 46.1 Å². The largest absolute Gasteiger partial charge is 0.493 e. The topological polar surface area (TPSA) is 77.5 Å². The molecule has 8 heteroatoms. The Morgan fingerprint density at radius 1 is 1.16 bits per heavy atom. The lowest BCUT2D eigenvalue weighted by atomic mass is 9.58. The zero-order valence-corrected chi connectivity index (χ0v) is 22.7. The van der Waals surface area contributed by atoms with E-state index in [9.17, 15) is 4.79 Å². The van der Waals surface area contributed by atoms with Crippen molar-refractivity contribution >= 4 is 5.65 Å². The molecular formula is C30H36N6O2. The fraction of sp³-hybridized carbons (Fsp3) is 0.467. The third-order valence-electron chi connectivity index (χ3n) is 8.45. The number of aromatic nitrogens is 5. The lowest BCUT2D eigenvalue weighted by Crippen LogP contribution is -2.43. The first-order chi connectivity index (χ1) is 18.4. The first-order valence-corrected chi connectivity index (χ1v) is 13.6. The van der Waals surface area contributed by atoms with Gasteiger partial charge in [-0.2, -0.15) is 0 Å². The number of rotatable bonds is 6. The van der Waals surface area contributed by atoms with E-state index in [1.807, 2.05) is 36.0 Å². The third-order valence-corrected chi connectivity index (χ3v) is 8.45. The van der Waals surface area contributed by atoms with Crippen LogP contribution in [0.2, 0.25) is 0 Å². The smallest absolute Gasteiger partial charge is 0.265 e. The maximum atomic E-state index is 13.9. The number of hydrogen-bond acceptors (Lipinski definition) is 6. The van der Waals surface area contributed by atoms with Gasteiger partial charge in [0.1, 0.15) is 12.2 Å². The van der Waals surface area contributed by atoms with Gasteiger partial charge >= 0.3 is 0 Å². The molecule has 0 bridgehead atoms. The van der Waals surface area contributed by atoms with E-state index in [-0.39, 0.29) is 11.0 Å². The highest BCUT2D eigenvalue weighted by molar-refractivity contribution is 5.66. The summed E-state index contributed by atoms with van der Waals surface area (Å²) in [5.41, 5.74) is 3.93. The van der Waals surface area contributed by atoms with E-state index >= 15 is 0 Å². The van der Waals surface area contributed by atoms with Gasteiger partial charge in [-0.25, -0.2) is 4.98 Å². The number of hydrogen-bond donors (Lipinski definition) is 0. The van der Waals surface area contributed by atoms with Gasteiger partial charge in [0.2, 0.25) is 0 Å². The summed E-state index contributed by atoms with van der Waals surface area (Å²) in [6.45, 7) is 7.53. The summed E-state index contributed by atoms with van der Waals surface area (Å²) in [7, 11) is 3.64. The fourth-order valence-electron chi connectivity index (χ4n) is 6.71. The normalized spacial score (nSPS) is 23.9. The minimum absolute atomic E-state index is 0.0889. The van der Waals surface area contributed by atoms with Crippen molar-refractivity contribution < 1.29 is 4.74 Å². The van der Waals surface area contributed by atoms with Crippen molar-refractivity contribution in [1.82, 2.24) is 29.0 Å². The maximum absolute atomic E-state index is 13.9. The summed E-state index contributed by atoms with van der Waals surface area (Å²) in [5.74, 6) is 2.90. The molecule has 8 nitrogen and oxygen atoms in total. The molecule has 0 unspecified atom stereocenters. The van der Waals surface area contributed by atoms with Gasteiger partial charge in [0.05, 0.1) is 18.1 Å². The second kappa shape index (κ2) is 9.66. The number of benzene rings is 1. The second-order valence-electron chi connectivity index (χ2n) is 11.5. The van der Waals surface area contributed by atoms with Gasteiger partial charge in [-0.05, 0) is 72.9 Å². The summed E-state index contributed by atoms with van der Waals surface area (Å²) in [5, 5.41) is 8.63. The van der Waals surface area contributed by atoms with Crippen LogP contribution in [0.25, 0.3) is 16.8 Å². The number of fused-ring (bicyclic) bond motifs is 1. The Bertz CT molecular complexity index is 1530. The number of methoxy groups -OCH3 is 1. The van der Waals surface area contributed by atoms with Gasteiger partial charge < -0.3 is 9.30 Å². The molecule has 4 aromatic rings. The first kappa shape index (κ1) is 24.8. The molecule has 198 valence electrons. The van der Waals surface area contributed by atoms with Crippen LogP contribution in [0.1, 0.15) is 56.5 Å². The average molecular weight is 513 g/mol. The Morgan fingerprint density at radius 3 is 2.71 bits per heavy atom. The molecule has 1 saturated heterocycles. The number of aryl methyl sites for hydroxylation is 1. The molecule has 1 aliphatic heterocycles. The third kappa shape index (κ3) is 4.21. The molecule has 0 N–H and O–H groups in total. The molecule has 2 aliphatic rings. The molecule has 1 atom stereocenters. The van der Waals surface area contributed by atoms with Crippen molar-refractivity contribution in [2.24, 2.45) is 18.9 Å². The summed E-state index contributed by atoms with van der Waals surface area (Å²) >= 11 is 0. The van der Waals surface area contributed by atoms with Crippen LogP contribution in [0.4, 0.5) is 0 Å². The Labute approximate surface area is 223 Å². The number of likely N-dealkylation sites (tertiary alicyclic amines) is 1. The average Bonchev–Trinajstić information content (AvgIpc) is 3.32. The maximum Gasteiger partial charge on any atom is 0.265 e. The van der Waals surface area contributed by atoms with Gasteiger partial charge in [-0.15, -0.1) is 10.2 Å². The molecule has 2 fully saturated rings. The van der Waals surface area contributed by atoms with Crippen molar-refractivity contribution in [1.29, 1.82) is 0 Å². The van der Waals surface area contributed by atoms with Crippen LogP contribution in [0.15, 0.2) is 53.8 Å². The molecular weight excluding hydrogens is 476 g/mol. The van der Waals surface area contributed by atoms with Gasteiger partial charge in [-0.1, -0.05) is 32.0 Å². The summed E-state index contributed by atoms with van der Waals surface area (Å²) in [4.78, 5) is 21.1. The molecule has 1 aliphatic carbocycles. The van der Waals surface area contributed by atoms with E-state index in [0.29, 0.717) is 28.8 Å². The molecule has 3 aromatic heterocycles. The van der Waals surface area contributed by atoms with E-state index in [1.165, 1.54) is 18.4 Å². The van der Waals surface area contributed by atoms with E-state index in [1.54, 1.807) is 24.0 Å². The van der Waals surface area contributed by atoms with Crippen LogP contribution in [0.5, 0.6) is 5.75 Å². The SMILES string of the molecule is COc1cc(CN2CCC[C@H](C)C2)cn2c(=O)c(-c3cccc(C4(c5nncn5C)CC(C)C4)c3)cnc12. The van der Waals surface area contributed by atoms with Gasteiger partial charge in [0, 0.05) is 32.5 Å². The molecule has 0 amide bonds. The van der Waals surface area contributed by atoms with Crippen LogP contribution in [-0.2, 0) is 19.0 Å². The molecule has 38 heavy (non-hydrogen) atoms. The number of ether oxygens (including phenoxy) is 1. The molecule has 4 heterocycles. The lowest BCUT2D eigenvalue weighted by molar-refractivity contribution is 0.176. The zero-order valence-electron chi connectivity index (χ0n) is 22.7. The number of piperidine rings is 1. The monoisotopic (exact) mass is 512 g/mol. The van der Waals surface area contributed by atoms with Gasteiger partial charge in [0.15, 0.2) is 11.4 Å². The Kier molecular flexibility index (Phi) is 6.30. The van der Waals surface area contributed by atoms with Crippen molar-refractivity contribution in [3.05, 3.63) is 76.4 Å². The Hall–Kier alpha value is -3.52. The summed E-state index contributed by atoms with van der Waals surface area (Å²) < 4.78 is 9.35. The number of pyridine rings is 1. The predicted octanol–water partition coefficient (Wildman–Crippen LogP) is 4.45. The highest BCUT2D eigenvalue weighted by Crippen LogP contribution is 2.51. The molecule has 6 rings (SSSR count). The quantitative estimate of drug-likeness (QED) is 0.380. The minimum atomic E-state index is -0.191. The predicted molar refractivity (Wildman–Crippen MR) is 147 cm³/mol. The van der Waals surface area contributed by atoms with Crippen molar-refractivity contribution in [2.45, 2.75) is 51.5 Å². The van der Waals surface area contributed by atoms with Crippen molar-refractivity contribution in [2.75, 3.05) is 20.2 Å². The van der Waals surface area contributed by atoms with Crippen molar-refractivity contribution in [3.8, 4) is 16.9 Å². The van der Waals surface area contributed by atoms with Crippen LogP contribution in [0, 0.1) is 11.8 Å². The van der Waals surface area contributed by atoms with Crippen LogP contribution in [-0.4, -0.2) is 49.2 Å². The highest BCUT2D eigenvalue weighted by atomic mass is 16.5. The van der Waals surface area contributed by atoms with E-state index < -0.39 is 0 Å². The minimum Gasteiger partial charge on any atom is -0.493 e. The lowest BCUT2D eigenvalue weighted by Gasteiger charge is -2.46. The number of nitrogens with zero attached hydrogens (tertiary/aromatic N) is 6.